The van der Waals surface area contributed by atoms with Gasteiger partial charge in [0.2, 0.25) is 0 Å². The minimum absolute atomic E-state index is 0.503. The topological polar surface area (TPSA) is 53.3 Å². The molecule has 0 fully saturated rings. The van der Waals surface area contributed by atoms with Gasteiger partial charge in [-0.3, -0.25) is 0 Å². The molecular formula is C6H16N4S. The number of hydrazine groups is 1. The molecule has 0 aromatic rings. The summed E-state index contributed by atoms with van der Waals surface area (Å²) < 4.78 is 0. The van der Waals surface area contributed by atoms with Crippen LogP contribution in [0.4, 0.5) is 0 Å². The predicted molar refractivity (Wildman–Crippen MR) is 51.1 cm³/mol. The largest absolute Gasteiger partial charge is 0.362 e. The molecule has 0 amide bonds. The van der Waals surface area contributed by atoms with E-state index in [-0.39, 0.29) is 0 Å². The van der Waals surface area contributed by atoms with Crippen molar-refractivity contribution in [1.82, 2.24) is 15.6 Å². The van der Waals surface area contributed by atoms with Gasteiger partial charge in [-0.15, -0.1) is 0 Å². The molecule has 0 saturated carbocycles. The van der Waals surface area contributed by atoms with Crippen LogP contribution in [-0.4, -0.2) is 37.2 Å². The summed E-state index contributed by atoms with van der Waals surface area (Å²) in [6, 6.07) is 0. The van der Waals surface area contributed by atoms with Crippen LogP contribution in [0.2, 0.25) is 0 Å². The van der Waals surface area contributed by atoms with Crippen molar-refractivity contribution in [3.8, 4) is 0 Å². The maximum atomic E-state index is 5.05. The molecule has 0 bridgehead atoms. The molecular weight excluding hydrogens is 160 g/mol. The van der Waals surface area contributed by atoms with Gasteiger partial charge >= 0.3 is 0 Å². The van der Waals surface area contributed by atoms with Crippen molar-refractivity contribution in [2.75, 3.05) is 27.2 Å². The van der Waals surface area contributed by atoms with E-state index in [0.29, 0.717) is 5.11 Å². The number of thiocarbonyl (C=S) groups is 1. The van der Waals surface area contributed by atoms with Crippen LogP contribution in [0.5, 0.6) is 0 Å². The molecule has 0 aromatic heterocycles. The molecule has 66 valence electrons. The highest BCUT2D eigenvalue weighted by atomic mass is 32.1. The second-order valence-electron chi connectivity index (χ2n) is 2.56. The molecule has 4 N–H and O–H groups in total. The predicted octanol–water partition coefficient (Wildman–Crippen LogP) is -0.724. The van der Waals surface area contributed by atoms with E-state index in [9.17, 15) is 0 Å². The van der Waals surface area contributed by atoms with Gasteiger partial charge in [0.05, 0.1) is 0 Å². The molecule has 0 aromatic carbocycles. The molecule has 0 heterocycles. The summed E-state index contributed by atoms with van der Waals surface area (Å²) in [7, 11) is 4.08. The first-order chi connectivity index (χ1) is 5.16. The standard InChI is InChI=1S/C6H16N4S/c1-10(2)5-3-4-8-6(11)9-7/h3-5,7H2,1-2H3,(H2,8,9,11). The van der Waals surface area contributed by atoms with E-state index in [1.807, 2.05) is 14.1 Å². The fourth-order valence-electron chi connectivity index (χ4n) is 0.648. The summed E-state index contributed by atoms with van der Waals surface area (Å²) in [5.41, 5.74) is 2.36. The van der Waals surface area contributed by atoms with Crippen LogP contribution < -0.4 is 16.6 Å². The zero-order valence-corrected chi connectivity index (χ0v) is 7.87. The second kappa shape index (κ2) is 6.33. The average molecular weight is 176 g/mol. The molecule has 0 aliphatic heterocycles. The fraction of sp³-hybridized carbons (Fsp3) is 0.833. The Morgan fingerprint density at radius 3 is 2.64 bits per heavy atom. The average Bonchev–Trinajstić information content (AvgIpc) is 1.97. The van der Waals surface area contributed by atoms with Crippen molar-refractivity contribution in [2.45, 2.75) is 6.42 Å². The van der Waals surface area contributed by atoms with Gasteiger partial charge in [-0.2, -0.15) is 0 Å². The number of rotatable bonds is 4. The summed E-state index contributed by atoms with van der Waals surface area (Å²) in [6.45, 7) is 1.92. The van der Waals surface area contributed by atoms with Gasteiger partial charge in [-0.05, 0) is 39.3 Å². The zero-order chi connectivity index (χ0) is 8.69. The minimum Gasteiger partial charge on any atom is -0.362 e. The third-order valence-electron chi connectivity index (χ3n) is 1.20. The van der Waals surface area contributed by atoms with Gasteiger partial charge in [0.15, 0.2) is 5.11 Å². The summed E-state index contributed by atoms with van der Waals surface area (Å²) >= 11 is 4.77. The van der Waals surface area contributed by atoms with Gasteiger partial charge < -0.3 is 15.6 Å². The number of hydrogen-bond acceptors (Lipinski definition) is 3. The van der Waals surface area contributed by atoms with Crippen molar-refractivity contribution in [1.29, 1.82) is 0 Å². The summed E-state index contributed by atoms with van der Waals surface area (Å²) in [6.07, 6.45) is 1.06. The van der Waals surface area contributed by atoms with E-state index in [4.69, 9.17) is 18.1 Å². The SMILES string of the molecule is CN(C)CCCNC(=S)NN. The number of nitrogens with one attached hydrogen (secondary N) is 2. The van der Waals surface area contributed by atoms with Crippen LogP contribution in [0, 0.1) is 0 Å². The van der Waals surface area contributed by atoms with Gasteiger partial charge in [0.1, 0.15) is 0 Å². The van der Waals surface area contributed by atoms with Crippen LogP contribution in [0.25, 0.3) is 0 Å². The smallest absolute Gasteiger partial charge is 0.180 e. The Balaban J connectivity index is 3.08. The Hall–Kier alpha value is -0.390. The summed E-state index contributed by atoms with van der Waals surface area (Å²) in [5.74, 6) is 5.05. The first kappa shape index (κ1) is 10.6. The van der Waals surface area contributed by atoms with E-state index < -0.39 is 0 Å². The fourth-order valence-corrected chi connectivity index (χ4v) is 0.750. The van der Waals surface area contributed by atoms with Crippen molar-refractivity contribution >= 4 is 17.3 Å². The molecule has 0 aliphatic carbocycles. The number of nitrogens with zero attached hydrogens (tertiary/aromatic N) is 1. The van der Waals surface area contributed by atoms with Gasteiger partial charge in [0.25, 0.3) is 0 Å². The van der Waals surface area contributed by atoms with Crippen LogP contribution >= 0.6 is 12.2 Å². The Morgan fingerprint density at radius 2 is 2.18 bits per heavy atom. The first-order valence-electron chi connectivity index (χ1n) is 3.56. The molecule has 0 unspecified atom stereocenters. The second-order valence-corrected chi connectivity index (χ2v) is 2.97. The molecule has 5 heteroatoms. The first-order valence-corrected chi connectivity index (χ1v) is 3.97. The van der Waals surface area contributed by atoms with E-state index in [0.717, 1.165) is 19.5 Å². The highest BCUT2D eigenvalue weighted by molar-refractivity contribution is 7.80. The lowest BCUT2D eigenvalue weighted by atomic mass is 10.4. The molecule has 4 nitrogen and oxygen atoms in total. The third kappa shape index (κ3) is 7.51. The monoisotopic (exact) mass is 176 g/mol. The van der Waals surface area contributed by atoms with Crippen LogP contribution in [0.1, 0.15) is 6.42 Å². The highest BCUT2D eigenvalue weighted by Crippen LogP contribution is 1.79. The van der Waals surface area contributed by atoms with Crippen LogP contribution in [0.15, 0.2) is 0 Å². The third-order valence-corrected chi connectivity index (χ3v) is 1.46. The number of nitrogens with two attached hydrogens (primary N) is 1. The van der Waals surface area contributed by atoms with E-state index >= 15 is 0 Å². The zero-order valence-electron chi connectivity index (χ0n) is 7.05. The quantitative estimate of drug-likeness (QED) is 0.228. The maximum absolute atomic E-state index is 5.05. The van der Waals surface area contributed by atoms with Crippen LogP contribution in [-0.2, 0) is 0 Å². The molecule has 11 heavy (non-hydrogen) atoms. The Labute approximate surface area is 73.1 Å². The van der Waals surface area contributed by atoms with Crippen molar-refractivity contribution in [3.63, 3.8) is 0 Å². The van der Waals surface area contributed by atoms with Crippen LogP contribution in [0.3, 0.4) is 0 Å². The Bertz CT molecular complexity index is 115. The highest BCUT2D eigenvalue weighted by Gasteiger charge is 1.91. The van der Waals surface area contributed by atoms with Gasteiger partial charge in [0, 0.05) is 6.54 Å². The van der Waals surface area contributed by atoms with E-state index in [1.165, 1.54) is 0 Å². The molecule has 0 saturated heterocycles. The lowest BCUT2D eigenvalue weighted by molar-refractivity contribution is 0.400. The molecule has 0 aliphatic rings. The Kier molecular flexibility index (Phi) is 6.10. The molecule has 0 spiro atoms. The summed E-state index contributed by atoms with van der Waals surface area (Å²) in [4.78, 5) is 2.13. The lowest BCUT2D eigenvalue weighted by Gasteiger charge is -2.10. The lowest BCUT2D eigenvalue weighted by Crippen LogP contribution is -2.40. The van der Waals surface area contributed by atoms with Gasteiger partial charge in [-0.1, -0.05) is 0 Å². The molecule has 0 atom stereocenters. The van der Waals surface area contributed by atoms with Crippen molar-refractivity contribution < 1.29 is 0 Å². The van der Waals surface area contributed by atoms with E-state index in [1.54, 1.807) is 0 Å². The molecule has 0 radical (unpaired) electrons. The van der Waals surface area contributed by atoms with E-state index in [2.05, 4.69) is 15.6 Å². The minimum atomic E-state index is 0.503. The normalized spacial score (nSPS) is 9.82. The van der Waals surface area contributed by atoms with Crippen molar-refractivity contribution in [3.05, 3.63) is 0 Å². The Morgan fingerprint density at radius 1 is 1.55 bits per heavy atom. The maximum Gasteiger partial charge on any atom is 0.180 e. The number of hydrogen-bond donors (Lipinski definition) is 3. The van der Waals surface area contributed by atoms with Crippen molar-refractivity contribution in [2.24, 2.45) is 5.84 Å². The summed E-state index contributed by atoms with van der Waals surface area (Å²) in [5, 5.41) is 3.46. The van der Waals surface area contributed by atoms with Gasteiger partial charge in [-0.25, -0.2) is 5.84 Å². The molecule has 0 rings (SSSR count).